The van der Waals surface area contributed by atoms with Gasteiger partial charge in [-0.1, -0.05) is 11.6 Å². The summed E-state index contributed by atoms with van der Waals surface area (Å²) in [5.41, 5.74) is 2.72. The Morgan fingerprint density at radius 3 is 2.86 bits per heavy atom. The summed E-state index contributed by atoms with van der Waals surface area (Å²) in [6, 6.07) is 4.00. The zero-order valence-corrected chi connectivity index (χ0v) is 13.0. The van der Waals surface area contributed by atoms with E-state index in [0.29, 0.717) is 17.3 Å². The minimum Gasteiger partial charge on any atom is -0.356 e. The Bertz CT molecular complexity index is 660. The van der Waals surface area contributed by atoms with Crippen LogP contribution in [0, 0.1) is 13.8 Å². The number of hydrogen-bond donors (Lipinski definition) is 1. The lowest BCUT2D eigenvalue weighted by Gasteiger charge is -2.33. The first kappa shape index (κ1) is 14.2. The van der Waals surface area contributed by atoms with E-state index in [-0.39, 0.29) is 11.9 Å². The van der Waals surface area contributed by atoms with E-state index in [4.69, 9.17) is 11.6 Å². The summed E-state index contributed by atoms with van der Waals surface area (Å²) >= 11 is 5.88. The van der Waals surface area contributed by atoms with Gasteiger partial charge >= 0.3 is 0 Å². The number of aromatic amines is 1. The lowest BCUT2D eigenvalue weighted by molar-refractivity contribution is 0.0666. The third-order valence-electron chi connectivity index (χ3n) is 3.95. The van der Waals surface area contributed by atoms with E-state index in [2.05, 4.69) is 27.8 Å². The normalized spacial score (nSPS) is 19.0. The number of aromatic nitrogens is 3. The Hall–Kier alpha value is -1.75. The fourth-order valence-corrected chi connectivity index (χ4v) is 3.18. The molecule has 1 fully saturated rings. The molecule has 1 saturated heterocycles. The molecular formula is C15H19ClN4O. The highest BCUT2D eigenvalue weighted by molar-refractivity contribution is 6.30. The maximum Gasteiger partial charge on any atom is 0.270 e. The molecule has 2 aromatic rings. The summed E-state index contributed by atoms with van der Waals surface area (Å²) in [5, 5.41) is 5.11. The Morgan fingerprint density at radius 1 is 1.43 bits per heavy atom. The number of piperidine rings is 1. The number of carbonyl (C=O) groups is 1. The second-order valence-electron chi connectivity index (χ2n) is 5.65. The molecule has 1 amide bonds. The van der Waals surface area contributed by atoms with Crippen molar-refractivity contribution in [2.24, 2.45) is 0 Å². The van der Waals surface area contributed by atoms with Gasteiger partial charge in [-0.3, -0.25) is 9.48 Å². The third-order valence-corrected chi connectivity index (χ3v) is 4.17. The second-order valence-corrected chi connectivity index (χ2v) is 6.09. The van der Waals surface area contributed by atoms with E-state index in [1.807, 2.05) is 11.8 Å². The van der Waals surface area contributed by atoms with Gasteiger partial charge < -0.3 is 9.88 Å². The molecule has 1 aliphatic heterocycles. The van der Waals surface area contributed by atoms with Crippen molar-refractivity contribution in [1.82, 2.24) is 19.7 Å². The molecule has 6 heteroatoms. The van der Waals surface area contributed by atoms with Gasteiger partial charge in [0.1, 0.15) is 5.69 Å². The molecule has 1 atom stereocenters. The molecule has 0 aromatic carbocycles. The number of H-pyrrole nitrogens is 1. The number of rotatable bonds is 2. The van der Waals surface area contributed by atoms with Crippen LogP contribution in [0.25, 0.3) is 0 Å². The van der Waals surface area contributed by atoms with Crippen molar-refractivity contribution in [2.45, 2.75) is 32.7 Å². The molecule has 1 N–H and O–H groups in total. The van der Waals surface area contributed by atoms with Crippen LogP contribution in [0.1, 0.15) is 40.8 Å². The van der Waals surface area contributed by atoms with Crippen molar-refractivity contribution in [3.05, 3.63) is 40.4 Å². The van der Waals surface area contributed by atoms with Crippen LogP contribution in [0.2, 0.25) is 5.02 Å². The van der Waals surface area contributed by atoms with E-state index in [0.717, 1.165) is 30.8 Å². The Morgan fingerprint density at radius 2 is 2.24 bits per heavy atom. The fourth-order valence-electron chi connectivity index (χ4n) is 3.02. The molecule has 0 aliphatic carbocycles. The van der Waals surface area contributed by atoms with Crippen molar-refractivity contribution in [2.75, 3.05) is 13.1 Å². The number of halogens is 1. The van der Waals surface area contributed by atoms with Crippen LogP contribution in [-0.4, -0.2) is 38.7 Å². The summed E-state index contributed by atoms with van der Waals surface area (Å²) in [7, 11) is 0. The quantitative estimate of drug-likeness (QED) is 0.927. The van der Waals surface area contributed by atoms with Gasteiger partial charge in [-0.15, -0.1) is 0 Å². The van der Waals surface area contributed by atoms with Crippen LogP contribution in [0.15, 0.2) is 18.3 Å². The van der Waals surface area contributed by atoms with Crippen molar-refractivity contribution >= 4 is 17.5 Å². The van der Waals surface area contributed by atoms with Crippen LogP contribution in [0.3, 0.4) is 0 Å². The van der Waals surface area contributed by atoms with Gasteiger partial charge in [0.25, 0.3) is 5.91 Å². The van der Waals surface area contributed by atoms with Crippen LogP contribution >= 0.6 is 11.6 Å². The number of carbonyl (C=O) groups excluding carboxylic acids is 1. The van der Waals surface area contributed by atoms with Crippen LogP contribution in [0.4, 0.5) is 0 Å². The second kappa shape index (κ2) is 5.56. The first-order valence-corrected chi connectivity index (χ1v) is 7.58. The zero-order chi connectivity index (χ0) is 15.0. The zero-order valence-electron chi connectivity index (χ0n) is 12.3. The average molecular weight is 307 g/mol. The van der Waals surface area contributed by atoms with Crippen molar-refractivity contribution < 1.29 is 4.79 Å². The molecule has 3 heterocycles. The Labute approximate surface area is 128 Å². The number of likely N-dealkylation sites (tertiary alicyclic amines) is 1. The molecule has 21 heavy (non-hydrogen) atoms. The van der Waals surface area contributed by atoms with E-state index in [9.17, 15) is 4.79 Å². The average Bonchev–Trinajstić information content (AvgIpc) is 3.04. The number of hydrogen-bond acceptors (Lipinski definition) is 2. The summed E-state index contributed by atoms with van der Waals surface area (Å²) in [6.45, 7) is 5.53. The van der Waals surface area contributed by atoms with Crippen LogP contribution < -0.4 is 0 Å². The van der Waals surface area contributed by atoms with Crippen LogP contribution in [0.5, 0.6) is 0 Å². The highest BCUT2D eigenvalue weighted by Crippen LogP contribution is 2.24. The van der Waals surface area contributed by atoms with E-state index >= 15 is 0 Å². The predicted octanol–water partition coefficient (Wildman–Crippen LogP) is 2.96. The minimum absolute atomic E-state index is 0.00753. The monoisotopic (exact) mass is 306 g/mol. The molecule has 3 rings (SSSR count). The number of nitrogens with one attached hydrogen (secondary N) is 1. The number of nitrogens with zero attached hydrogens (tertiary/aromatic N) is 3. The lowest BCUT2D eigenvalue weighted by atomic mass is 10.1. The Balaban J connectivity index is 1.77. The maximum atomic E-state index is 12.5. The molecule has 112 valence electrons. The van der Waals surface area contributed by atoms with E-state index in [1.54, 1.807) is 12.3 Å². The molecule has 1 aliphatic rings. The van der Waals surface area contributed by atoms with E-state index in [1.165, 1.54) is 0 Å². The van der Waals surface area contributed by atoms with Crippen molar-refractivity contribution in [1.29, 1.82) is 0 Å². The highest BCUT2D eigenvalue weighted by Gasteiger charge is 2.27. The molecule has 0 bridgehead atoms. The molecular weight excluding hydrogens is 288 g/mol. The highest BCUT2D eigenvalue weighted by atomic mass is 35.5. The first-order chi connectivity index (χ1) is 10.0. The Kier molecular flexibility index (Phi) is 3.76. The molecule has 0 spiro atoms. The summed E-state index contributed by atoms with van der Waals surface area (Å²) in [5.74, 6) is 0.00753. The summed E-state index contributed by atoms with van der Waals surface area (Å²) in [6.07, 6.45) is 3.68. The van der Waals surface area contributed by atoms with E-state index < -0.39 is 0 Å². The first-order valence-electron chi connectivity index (χ1n) is 7.20. The minimum atomic E-state index is 0.00753. The van der Waals surface area contributed by atoms with Gasteiger partial charge in [0.15, 0.2) is 0 Å². The maximum absolute atomic E-state index is 12.5. The number of amides is 1. The molecule has 0 unspecified atom stereocenters. The predicted molar refractivity (Wildman–Crippen MR) is 81.7 cm³/mol. The SMILES string of the molecule is Cc1cc(C)n([C@H]2CCCN(C(=O)c3cc(Cl)c[nH]3)C2)n1. The molecule has 0 radical (unpaired) electrons. The van der Waals surface area contributed by atoms with Gasteiger partial charge in [-0.2, -0.15) is 5.10 Å². The van der Waals surface area contributed by atoms with Gasteiger partial charge in [0.2, 0.25) is 0 Å². The fraction of sp³-hybridized carbons (Fsp3) is 0.467. The summed E-state index contributed by atoms with van der Waals surface area (Å²) < 4.78 is 2.05. The smallest absolute Gasteiger partial charge is 0.270 e. The number of aryl methyl sites for hydroxylation is 2. The van der Waals surface area contributed by atoms with Crippen molar-refractivity contribution in [3.63, 3.8) is 0 Å². The van der Waals surface area contributed by atoms with Crippen molar-refractivity contribution in [3.8, 4) is 0 Å². The largest absolute Gasteiger partial charge is 0.356 e. The van der Waals surface area contributed by atoms with Gasteiger partial charge in [-0.25, -0.2) is 0 Å². The standard InChI is InChI=1S/C15H19ClN4O/c1-10-6-11(2)20(18-10)13-4-3-5-19(9-13)15(21)14-7-12(16)8-17-14/h6-8,13,17H,3-5,9H2,1-2H3/t13-/m0/s1. The third kappa shape index (κ3) is 2.83. The molecule has 0 saturated carbocycles. The topological polar surface area (TPSA) is 53.9 Å². The van der Waals surface area contributed by atoms with Gasteiger partial charge in [0.05, 0.1) is 16.8 Å². The summed E-state index contributed by atoms with van der Waals surface area (Å²) in [4.78, 5) is 17.3. The van der Waals surface area contributed by atoms with Gasteiger partial charge in [0, 0.05) is 25.0 Å². The molecule has 5 nitrogen and oxygen atoms in total. The van der Waals surface area contributed by atoms with Gasteiger partial charge in [-0.05, 0) is 38.8 Å². The van der Waals surface area contributed by atoms with Crippen LogP contribution in [-0.2, 0) is 0 Å². The lowest BCUT2D eigenvalue weighted by Crippen LogP contribution is -2.41. The molecule has 2 aromatic heterocycles.